The molecule has 66 heavy (non-hydrogen) atoms. The van der Waals surface area contributed by atoms with Crippen LogP contribution >= 0.6 is 0 Å². The van der Waals surface area contributed by atoms with Gasteiger partial charge in [0.2, 0.25) is 0 Å². The maximum Gasteiger partial charge on any atom is 0.137 e. The Morgan fingerprint density at radius 1 is 0.439 bits per heavy atom. The molecule has 8 aromatic carbocycles. The van der Waals surface area contributed by atoms with Crippen molar-refractivity contribution in [3.8, 4) is 44.5 Å². The predicted molar refractivity (Wildman–Crippen MR) is 274 cm³/mol. The molecular weight excluding hydrogens is 799 g/mol. The first kappa shape index (κ1) is 38.6. The third-order valence-corrected chi connectivity index (χ3v) is 17.5. The van der Waals surface area contributed by atoms with Crippen molar-refractivity contribution in [1.29, 1.82) is 0 Å². The van der Waals surface area contributed by atoms with Crippen LogP contribution in [0.5, 0.6) is 0 Å². The van der Waals surface area contributed by atoms with Crippen LogP contribution in [-0.2, 0) is 10.8 Å². The van der Waals surface area contributed by atoms with Crippen molar-refractivity contribution >= 4 is 39.0 Å². The standard InChI is InChI=1S/C64H55NO/c1-40-32-42-34-41(2)64(47(33-40)35-42)58-17-9-7-15-52(58)56-36-45(21-29-59(56)64)46-20-26-54-55-28-25-50(39-62(55)66-61(54)37-46)65(48-22-18-44(19-23-48)43-12-4-3-5-13-43)49-24-27-53-51-14-6-8-16-57(51)63(60(53)38-49)30-10-11-31-63/h3-9,12-29,36-42,47H,10-11,30-35H2,1-2H3/t40-,41+,42?,47-,64-/m1/s1. The minimum Gasteiger partial charge on any atom is -0.456 e. The summed E-state index contributed by atoms with van der Waals surface area (Å²) in [6.45, 7) is 5.06. The Morgan fingerprint density at radius 3 is 1.85 bits per heavy atom. The van der Waals surface area contributed by atoms with Crippen LogP contribution in [0.1, 0.15) is 87.5 Å². The van der Waals surface area contributed by atoms with E-state index in [0.29, 0.717) is 11.8 Å². The van der Waals surface area contributed by atoms with Crippen LogP contribution in [0.3, 0.4) is 0 Å². The highest BCUT2D eigenvalue weighted by molar-refractivity contribution is 6.07. The molecule has 3 saturated carbocycles. The van der Waals surface area contributed by atoms with Crippen LogP contribution in [0.25, 0.3) is 66.4 Å². The fourth-order valence-corrected chi connectivity index (χ4v) is 15.0. The zero-order chi connectivity index (χ0) is 43.7. The maximum atomic E-state index is 6.93. The Labute approximate surface area is 389 Å². The fourth-order valence-electron chi connectivity index (χ4n) is 15.0. The second-order valence-electron chi connectivity index (χ2n) is 21.0. The van der Waals surface area contributed by atoms with Crippen LogP contribution in [-0.4, -0.2) is 0 Å². The molecule has 0 saturated heterocycles. The molecule has 9 aromatic rings. The van der Waals surface area contributed by atoms with E-state index in [4.69, 9.17) is 4.42 Å². The molecule has 0 aliphatic heterocycles. The van der Waals surface area contributed by atoms with Crippen molar-refractivity contribution in [3.05, 3.63) is 198 Å². The van der Waals surface area contributed by atoms with Crippen molar-refractivity contribution < 1.29 is 4.42 Å². The Kier molecular flexibility index (Phi) is 8.44. The van der Waals surface area contributed by atoms with Crippen LogP contribution in [0.15, 0.2) is 180 Å². The summed E-state index contributed by atoms with van der Waals surface area (Å²) in [6, 6.07) is 66.7. The average molecular weight is 854 g/mol. The zero-order valence-electron chi connectivity index (χ0n) is 38.1. The van der Waals surface area contributed by atoms with Crippen LogP contribution in [0.4, 0.5) is 17.1 Å². The summed E-state index contributed by atoms with van der Waals surface area (Å²) in [6.07, 6.45) is 10.4. The maximum absolute atomic E-state index is 6.93. The second kappa shape index (κ2) is 14.4. The summed E-state index contributed by atoms with van der Waals surface area (Å²) in [5.41, 5.74) is 22.1. The summed E-state index contributed by atoms with van der Waals surface area (Å²) in [7, 11) is 0. The van der Waals surface area contributed by atoms with E-state index in [1.165, 1.54) is 113 Å². The van der Waals surface area contributed by atoms with Gasteiger partial charge in [-0.2, -0.15) is 0 Å². The highest BCUT2D eigenvalue weighted by Crippen LogP contribution is 2.65. The molecule has 5 aliphatic carbocycles. The van der Waals surface area contributed by atoms with E-state index in [-0.39, 0.29) is 10.8 Å². The summed E-state index contributed by atoms with van der Waals surface area (Å²) in [5.74, 6) is 3.01. The van der Waals surface area contributed by atoms with Gasteiger partial charge in [0.15, 0.2) is 0 Å². The lowest BCUT2D eigenvalue weighted by molar-refractivity contribution is 0.0426. The number of hydrogen-bond acceptors (Lipinski definition) is 2. The quantitative estimate of drug-likeness (QED) is 0.171. The number of anilines is 3. The van der Waals surface area contributed by atoms with Gasteiger partial charge in [-0.3, -0.25) is 0 Å². The monoisotopic (exact) mass is 853 g/mol. The number of benzene rings is 8. The molecule has 5 aliphatic rings. The van der Waals surface area contributed by atoms with Gasteiger partial charge in [-0.05, 0) is 184 Å². The third kappa shape index (κ3) is 5.48. The van der Waals surface area contributed by atoms with Gasteiger partial charge in [-0.1, -0.05) is 142 Å². The summed E-state index contributed by atoms with van der Waals surface area (Å²) >= 11 is 0. The molecule has 1 unspecified atom stereocenters. The molecule has 322 valence electrons. The Hall–Kier alpha value is -6.64. The molecule has 0 amide bonds. The van der Waals surface area contributed by atoms with Crippen LogP contribution < -0.4 is 4.90 Å². The molecule has 2 heteroatoms. The van der Waals surface area contributed by atoms with E-state index < -0.39 is 0 Å². The third-order valence-electron chi connectivity index (χ3n) is 17.5. The zero-order valence-corrected chi connectivity index (χ0v) is 38.1. The molecule has 5 atom stereocenters. The lowest BCUT2D eigenvalue weighted by Gasteiger charge is -2.54. The fraction of sp³-hybridized carbons (Fsp3) is 0.250. The van der Waals surface area contributed by atoms with E-state index in [2.05, 4.69) is 195 Å². The molecule has 0 N–H and O–H groups in total. The first-order chi connectivity index (χ1) is 32.5. The number of fused-ring (bicyclic) bond motifs is 16. The molecule has 2 bridgehead atoms. The van der Waals surface area contributed by atoms with Gasteiger partial charge in [0.25, 0.3) is 0 Å². The minimum absolute atomic E-state index is 0.0842. The lowest BCUT2D eigenvalue weighted by atomic mass is 9.49. The van der Waals surface area contributed by atoms with Crippen molar-refractivity contribution in [2.24, 2.45) is 23.7 Å². The highest BCUT2D eigenvalue weighted by Gasteiger charge is 2.56. The van der Waals surface area contributed by atoms with Gasteiger partial charge in [0.05, 0.1) is 0 Å². The summed E-state index contributed by atoms with van der Waals surface area (Å²) < 4.78 is 6.93. The molecule has 2 nitrogen and oxygen atoms in total. The summed E-state index contributed by atoms with van der Waals surface area (Å²) in [4.78, 5) is 2.44. The Morgan fingerprint density at radius 2 is 1.03 bits per heavy atom. The van der Waals surface area contributed by atoms with E-state index in [0.717, 1.165) is 45.1 Å². The van der Waals surface area contributed by atoms with Crippen molar-refractivity contribution in [1.82, 2.24) is 0 Å². The van der Waals surface area contributed by atoms with E-state index in [1.807, 2.05) is 0 Å². The largest absolute Gasteiger partial charge is 0.456 e. The molecule has 14 rings (SSSR count). The number of rotatable bonds is 5. The average Bonchev–Trinajstić information content (AvgIpc) is 4.13. The molecular formula is C64H55NO. The molecule has 2 spiro atoms. The lowest BCUT2D eigenvalue weighted by Crippen LogP contribution is -2.49. The second-order valence-corrected chi connectivity index (χ2v) is 21.0. The van der Waals surface area contributed by atoms with Gasteiger partial charge in [-0.15, -0.1) is 0 Å². The van der Waals surface area contributed by atoms with Gasteiger partial charge < -0.3 is 9.32 Å². The number of furan rings is 1. The first-order valence-electron chi connectivity index (χ1n) is 24.9. The first-order valence-corrected chi connectivity index (χ1v) is 24.9. The van der Waals surface area contributed by atoms with E-state index >= 15 is 0 Å². The summed E-state index contributed by atoms with van der Waals surface area (Å²) in [5, 5.41) is 2.30. The minimum atomic E-state index is 0.0842. The Balaban J connectivity index is 0.866. The van der Waals surface area contributed by atoms with Gasteiger partial charge in [-0.25, -0.2) is 0 Å². The molecule has 0 radical (unpaired) electrons. The number of nitrogens with zero attached hydrogens (tertiary/aromatic N) is 1. The van der Waals surface area contributed by atoms with Gasteiger partial charge in [0.1, 0.15) is 11.2 Å². The normalized spacial score (nSPS) is 23.0. The molecule has 3 fully saturated rings. The van der Waals surface area contributed by atoms with Crippen molar-refractivity contribution in [2.75, 3.05) is 4.90 Å². The van der Waals surface area contributed by atoms with Crippen LogP contribution in [0.2, 0.25) is 0 Å². The van der Waals surface area contributed by atoms with Crippen LogP contribution in [0, 0.1) is 23.7 Å². The number of hydrogen-bond donors (Lipinski definition) is 0. The smallest absolute Gasteiger partial charge is 0.137 e. The van der Waals surface area contributed by atoms with E-state index in [9.17, 15) is 0 Å². The molecule has 1 heterocycles. The highest BCUT2D eigenvalue weighted by atomic mass is 16.3. The van der Waals surface area contributed by atoms with Gasteiger partial charge >= 0.3 is 0 Å². The topological polar surface area (TPSA) is 16.4 Å². The SMILES string of the molecule is C[C@@H]1CC2C[C@@H](C1)[C@@]1(c3ccccc3-c3cc(-c4ccc5c(c4)oc4cc(N(c6ccc(-c7ccccc7)cc6)c6ccc7c(c6)C6(CCCC6)c6ccccc6-7)ccc45)ccc31)[C@@H](C)C2. The van der Waals surface area contributed by atoms with Gasteiger partial charge in [0, 0.05) is 44.7 Å². The Bertz CT molecular complexity index is 3380. The molecule has 1 aromatic heterocycles. The van der Waals surface area contributed by atoms with E-state index in [1.54, 1.807) is 11.1 Å². The predicted octanol–water partition coefficient (Wildman–Crippen LogP) is 17.6. The van der Waals surface area contributed by atoms with Crippen molar-refractivity contribution in [3.63, 3.8) is 0 Å². The van der Waals surface area contributed by atoms with Crippen molar-refractivity contribution in [2.45, 2.75) is 76.0 Å².